The van der Waals surface area contributed by atoms with E-state index in [9.17, 15) is 8.42 Å². The van der Waals surface area contributed by atoms with Gasteiger partial charge < -0.3 is 10.1 Å². The number of hydrogen-bond donors (Lipinski definition) is 1. The van der Waals surface area contributed by atoms with Crippen molar-refractivity contribution in [1.82, 2.24) is 5.32 Å². The Kier molecular flexibility index (Phi) is 5.62. The van der Waals surface area contributed by atoms with E-state index in [1.165, 1.54) is 0 Å². The number of methoxy groups -OCH3 is 1. The summed E-state index contributed by atoms with van der Waals surface area (Å²) in [5.74, 6) is 0.769. The zero-order valence-electron chi connectivity index (χ0n) is 11.1. The molecular weight excluding hydrogens is 250 g/mol. The molecule has 0 fully saturated rings. The highest BCUT2D eigenvalue weighted by atomic mass is 32.2. The van der Waals surface area contributed by atoms with Gasteiger partial charge in [-0.15, -0.1) is 0 Å². The van der Waals surface area contributed by atoms with E-state index in [1.54, 1.807) is 31.4 Å². The van der Waals surface area contributed by atoms with E-state index in [0.717, 1.165) is 13.0 Å². The molecule has 0 bridgehead atoms. The Morgan fingerprint density at radius 1 is 1.28 bits per heavy atom. The number of ether oxygens (including phenoxy) is 1. The van der Waals surface area contributed by atoms with Crippen LogP contribution in [0.25, 0.3) is 0 Å². The predicted molar refractivity (Wildman–Crippen MR) is 72.8 cm³/mol. The van der Waals surface area contributed by atoms with Gasteiger partial charge in [-0.1, -0.05) is 6.92 Å². The maximum atomic E-state index is 12.1. The molecule has 0 aliphatic heterocycles. The molecule has 0 saturated carbocycles. The Labute approximate surface area is 109 Å². The van der Waals surface area contributed by atoms with Gasteiger partial charge in [0.15, 0.2) is 9.84 Å². The molecule has 1 aromatic rings. The Balaban J connectivity index is 2.73. The van der Waals surface area contributed by atoms with E-state index in [0.29, 0.717) is 10.6 Å². The van der Waals surface area contributed by atoms with Crippen LogP contribution in [-0.4, -0.2) is 33.9 Å². The zero-order valence-corrected chi connectivity index (χ0v) is 12.0. The van der Waals surface area contributed by atoms with Crippen molar-refractivity contribution in [3.63, 3.8) is 0 Å². The summed E-state index contributed by atoms with van der Waals surface area (Å²) < 4.78 is 29.3. The minimum Gasteiger partial charge on any atom is -0.497 e. The second kappa shape index (κ2) is 6.75. The molecule has 1 atom stereocenters. The maximum absolute atomic E-state index is 12.1. The fourth-order valence-corrected chi connectivity index (χ4v) is 3.18. The molecule has 1 aromatic carbocycles. The minimum absolute atomic E-state index is 0.0444. The van der Waals surface area contributed by atoms with Gasteiger partial charge in [0.25, 0.3) is 0 Å². The van der Waals surface area contributed by atoms with Gasteiger partial charge in [0, 0.05) is 6.04 Å². The van der Waals surface area contributed by atoms with Crippen LogP contribution in [0.4, 0.5) is 0 Å². The Bertz CT molecular complexity index is 454. The Hall–Kier alpha value is -1.07. The molecule has 102 valence electrons. The van der Waals surface area contributed by atoms with Crippen molar-refractivity contribution in [2.45, 2.75) is 31.2 Å². The van der Waals surface area contributed by atoms with Crippen molar-refractivity contribution in [2.24, 2.45) is 0 Å². The molecule has 0 aromatic heterocycles. The first-order chi connectivity index (χ1) is 8.49. The summed E-state index contributed by atoms with van der Waals surface area (Å²) in [6.45, 7) is 4.77. The average Bonchev–Trinajstić information content (AvgIpc) is 2.36. The minimum atomic E-state index is -3.23. The van der Waals surface area contributed by atoms with Gasteiger partial charge >= 0.3 is 0 Å². The highest BCUT2D eigenvalue weighted by Gasteiger charge is 2.17. The van der Waals surface area contributed by atoms with Crippen molar-refractivity contribution in [1.29, 1.82) is 0 Å². The molecule has 0 aliphatic carbocycles. The van der Waals surface area contributed by atoms with Crippen LogP contribution in [0.5, 0.6) is 5.75 Å². The van der Waals surface area contributed by atoms with Crippen molar-refractivity contribution in [3.05, 3.63) is 24.3 Å². The highest BCUT2D eigenvalue weighted by molar-refractivity contribution is 7.91. The maximum Gasteiger partial charge on any atom is 0.179 e. The van der Waals surface area contributed by atoms with E-state index < -0.39 is 9.84 Å². The van der Waals surface area contributed by atoms with Crippen LogP contribution in [0, 0.1) is 0 Å². The van der Waals surface area contributed by atoms with Gasteiger partial charge in [0.05, 0.1) is 17.8 Å². The topological polar surface area (TPSA) is 55.4 Å². The number of nitrogens with one attached hydrogen (secondary N) is 1. The summed E-state index contributed by atoms with van der Waals surface area (Å²) in [5, 5.41) is 3.18. The van der Waals surface area contributed by atoms with Crippen molar-refractivity contribution in [3.8, 4) is 5.75 Å². The summed E-state index contributed by atoms with van der Waals surface area (Å²) in [7, 11) is -1.68. The standard InChI is InChI=1S/C13H21NO3S/c1-4-9-14-11(2)10-18(15,16)13-7-5-12(17-3)6-8-13/h5-8,11,14H,4,9-10H2,1-3H3. The van der Waals surface area contributed by atoms with Crippen LogP contribution in [-0.2, 0) is 9.84 Å². The van der Waals surface area contributed by atoms with Gasteiger partial charge in [-0.25, -0.2) is 8.42 Å². The number of rotatable bonds is 7. The first-order valence-electron chi connectivity index (χ1n) is 6.09. The number of hydrogen-bond acceptors (Lipinski definition) is 4. The van der Waals surface area contributed by atoms with Crippen LogP contribution in [0.3, 0.4) is 0 Å². The van der Waals surface area contributed by atoms with Crippen LogP contribution in [0.2, 0.25) is 0 Å². The zero-order chi connectivity index (χ0) is 13.6. The van der Waals surface area contributed by atoms with Crippen LogP contribution in [0.1, 0.15) is 20.3 Å². The van der Waals surface area contributed by atoms with Crippen molar-refractivity contribution in [2.75, 3.05) is 19.4 Å². The summed E-state index contributed by atoms with van der Waals surface area (Å²) in [6.07, 6.45) is 0.993. The molecule has 1 rings (SSSR count). The van der Waals surface area contributed by atoms with Gasteiger partial charge in [0.1, 0.15) is 5.75 Å². The largest absolute Gasteiger partial charge is 0.497 e. The lowest BCUT2D eigenvalue weighted by Crippen LogP contribution is -2.33. The second-order valence-electron chi connectivity index (χ2n) is 4.31. The van der Waals surface area contributed by atoms with E-state index in [4.69, 9.17) is 4.74 Å². The van der Waals surface area contributed by atoms with Gasteiger partial charge in [-0.3, -0.25) is 0 Å². The first-order valence-corrected chi connectivity index (χ1v) is 7.75. The second-order valence-corrected chi connectivity index (χ2v) is 6.35. The Morgan fingerprint density at radius 3 is 2.39 bits per heavy atom. The molecule has 5 heteroatoms. The van der Waals surface area contributed by atoms with Crippen molar-refractivity contribution >= 4 is 9.84 Å². The third kappa shape index (κ3) is 4.31. The number of sulfone groups is 1. The molecule has 0 aliphatic rings. The SMILES string of the molecule is CCCNC(C)CS(=O)(=O)c1ccc(OC)cc1. The number of benzene rings is 1. The quantitative estimate of drug-likeness (QED) is 0.822. The van der Waals surface area contributed by atoms with Gasteiger partial charge in [-0.2, -0.15) is 0 Å². The monoisotopic (exact) mass is 271 g/mol. The van der Waals surface area contributed by atoms with E-state index in [-0.39, 0.29) is 11.8 Å². The molecule has 1 N–H and O–H groups in total. The van der Waals surface area contributed by atoms with Gasteiger partial charge in [0.2, 0.25) is 0 Å². The Morgan fingerprint density at radius 2 is 1.89 bits per heavy atom. The fourth-order valence-electron chi connectivity index (χ4n) is 1.66. The molecular formula is C13H21NO3S. The normalized spacial score (nSPS) is 13.3. The summed E-state index contributed by atoms with van der Waals surface area (Å²) in [6, 6.07) is 6.45. The van der Waals surface area contributed by atoms with Crippen LogP contribution < -0.4 is 10.1 Å². The fraction of sp³-hybridized carbons (Fsp3) is 0.538. The lowest BCUT2D eigenvalue weighted by Gasteiger charge is -2.13. The summed E-state index contributed by atoms with van der Waals surface area (Å²) in [5.41, 5.74) is 0. The van der Waals surface area contributed by atoms with E-state index in [1.807, 2.05) is 6.92 Å². The lowest BCUT2D eigenvalue weighted by molar-refractivity contribution is 0.414. The van der Waals surface area contributed by atoms with Crippen LogP contribution >= 0.6 is 0 Å². The van der Waals surface area contributed by atoms with E-state index in [2.05, 4.69) is 12.2 Å². The smallest absolute Gasteiger partial charge is 0.179 e. The molecule has 1 unspecified atom stereocenters. The third-order valence-electron chi connectivity index (χ3n) is 2.63. The molecule has 0 radical (unpaired) electrons. The first kappa shape index (κ1) is 15.0. The molecule has 0 amide bonds. The van der Waals surface area contributed by atoms with E-state index >= 15 is 0 Å². The van der Waals surface area contributed by atoms with Gasteiger partial charge in [-0.05, 0) is 44.2 Å². The molecule has 0 heterocycles. The molecule has 0 spiro atoms. The predicted octanol–water partition coefficient (Wildman–Crippen LogP) is 1.86. The summed E-state index contributed by atoms with van der Waals surface area (Å²) in [4.78, 5) is 0.341. The molecule has 0 saturated heterocycles. The average molecular weight is 271 g/mol. The third-order valence-corrected chi connectivity index (χ3v) is 4.56. The van der Waals surface area contributed by atoms with Crippen LogP contribution in [0.15, 0.2) is 29.2 Å². The molecule has 4 nitrogen and oxygen atoms in total. The molecule has 18 heavy (non-hydrogen) atoms. The van der Waals surface area contributed by atoms with Crippen molar-refractivity contribution < 1.29 is 13.2 Å². The highest BCUT2D eigenvalue weighted by Crippen LogP contribution is 2.17. The lowest BCUT2D eigenvalue weighted by atomic mass is 10.3. The summed E-state index contributed by atoms with van der Waals surface area (Å²) >= 11 is 0.